The number of hydrazone groups is 1. The van der Waals surface area contributed by atoms with Gasteiger partial charge in [0.15, 0.2) is 0 Å². The number of hydrogen-bond donors (Lipinski definition) is 2. The van der Waals surface area contributed by atoms with Crippen LogP contribution in [0, 0.1) is 0 Å². The van der Waals surface area contributed by atoms with Crippen LogP contribution in [0.4, 0.5) is 0 Å². The number of phenolic OH excluding ortho intramolecular Hbond substituents is 1. The van der Waals surface area contributed by atoms with Gasteiger partial charge in [-0.05, 0) is 25.1 Å². The molecule has 2 N–H and O–H groups in total. The van der Waals surface area contributed by atoms with Crippen molar-refractivity contribution in [3.63, 3.8) is 0 Å². The SMILES string of the molecule is CCS(=O)(=O)N/N=C/c1cc(Cl)ccc1O. The van der Waals surface area contributed by atoms with Crippen LogP contribution >= 0.6 is 11.6 Å². The third-order valence-electron chi connectivity index (χ3n) is 1.77. The molecule has 0 atom stereocenters. The molecule has 0 fully saturated rings. The average Bonchev–Trinajstić information content (AvgIpc) is 2.23. The summed E-state index contributed by atoms with van der Waals surface area (Å²) in [6.07, 6.45) is 1.19. The van der Waals surface area contributed by atoms with Gasteiger partial charge in [0.2, 0.25) is 10.0 Å². The molecule has 0 amide bonds. The highest BCUT2D eigenvalue weighted by atomic mass is 35.5. The Hall–Kier alpha value is -1.27. The molecule has 0 saturated carbocycles. The van der Waals surface area contributed by atoms with E-state index in [0.717, 1.165) is 0 Å². The Balaban J connectivity index is 2.81. The number of phenols is 1. The van der Waals surface area contributed by atoms with Crippen molar-refractivity contribution >= 4 is 27.8 Å². The number of aromatic hydroxyl groups is 1. The molecular formula is C9H11ClN2O3S. The monoisotopic (exact) mass is 262 g/mol. The zero-order valence-electron chi connectivity index (χ0n) is 8.51. The molecule has 1 rings (SSSR count). The molecule has 0 bridgehead atoms. The van der Waals surface area contributed by atoms with Crippen molar-refractivity contribution in [3.8, 4) is 5.75 Å². The standard InChI is InChI=1S/C9H11ClN2O3S/c1-2-16(14,15)12-11-6-7-5-8(10)3-4-9(7)13/h3-6,12-13H,2H2,1H3/b11-6+. The summed E-state index contributed by atoms with van der Waals surface area (Å²) < 4.78 is 22.1. The van der Waals surface area contributed by atoms with Crippen LogP contribution in [-0.4, -0.2) is 25.5 Å². The van der Waals surface area contributed by atoms with Gasteiger partial charge in [0.05, 0.1) is 12.0 Å². The van der Waals surface area contributed by atoms with E-state index in [9.17, 15) is 13.5 Å². The lowest BCUT2D eigenvalue weighted by Gasteiger charge is -2.00. The van der Waals surface area contributed by atoms with Gasteiger partial charge in [-0.25, -0.2) is 13.2 Å². The van der Waals surface area contributed by atoms with Gasteiger partial charge >= 0.3 is 0 Å². The number of halogens is 1. The maximum atomic E-state index is 11.0. The van der Waals surface area contributed by atoms with Crippen LogP contribution in [0.25, 0.3) is 0 Å². The maximum absolute atomic E-state index is 11.0. The lowest BCUT2D eigenvalue weighted by molar-refractivity contribution is 0.474. The lowest BCUT2D eigenvalue weighted by atomic mass is 10.2. The highest BCUT2D eigenvalue weighted by Crippen LogP contribution is 2.19. The summed E-state index contributed by atoms with van der Waals surface area (Å²) >= 11 is 5.70. The smallest absolute Gasteiger partial charge is 0.247 e. The molecule has 0 radical (unpaired) electrons. The van der Waals surface area contributed by atoms with E-state index in [4.69, 9.17) is 11.6 Å². The van der Waals surface area contributed by atoms with Crippen molar-refractivity contribution in [3.05, 3.63) is 28.8 Å². The minimum atomic E-state index is -3.38. The second kappa shape index (κ2) is 5.18. The van der Waals surface area contributed by atoms with Crippen molar-refractivity contribution in [2.24, 2.45) is 5.10 Å². The molecular weight excluding hydrogens is 252 g/mol. The number of sulfonamides is 1. The van der Waals surface area contributed by atoms with E-state index in [1.807, 2.05) is 4.83 Å². The van der Waals surface area contributed by atoms with E-state index in [1.165, 1.54) is 31.3 Å². The molecule has 0 spiro atoms. The first kappa shape index (κ1) is 12.8. The van der Waals surface area contributed by atoms with Crippen LogP contribution < -0.4 is 4.83 Å². The molecule has 0 aliphatic carbocycles. The van der Waals surface area contributed by atoms with E-state index >= 15 is 0 Å². The Bertz CT molecular complexity index is 499. The van der Waals surface area contributed by atoms with Gasteiger partial charge in [-0.3, -0.25) is 0 Å². The van der Waals surface area contributed by atoms with Gasteiger partial charge in [-0.15, -0.1) is 0 Å². The Morgan fingerprint density at radius 3 is 2.88 bits per heavy atom. The summed E-state index contributed by atoms with van der Waals surface area (Å²) in [5.74, 6) is -0.0878. The first-order valence-electron chi connectivity index (χ1n) is 4.45. The van der Waals surface area contributed by atoms with Crippen LogP contribution in [0.5, 0.6) is 5.75 Å². The van der Waals surface area contributed by atoms with Gasteiger partial charge in [-0.1, -0.05) is 11.6 Å². The topological polar surface area (TPSA) is 78.8 Å². The largest absolute Gasteiger partial charge is 0.507 e. The van der Waals surface area contributed by atoms with E-state index in [2.05, 4.69) is 5.10 Å². The molecule has 0 aliphatic rings. The Kier molecular flexibility index (Phi) is 4.14. The molecule has 0 aromatic heterocycles. The summed E-state index contributed by atoms with van der Waals surface area (Å²) in [5, 5.41) is 13.3. The molecule has 0 saturated heterocycles. The minimum Gasteiger partial charge on any atom is -0.507 e. The number of nitrogens with one attached hydrogen (secondary N) is 1. The van der Waals surface area contributed by atoms with Crippen LogP contribution in [-0.2, 0) is 10.0 Å². The van der Waals surface area contributed by atoms with Gasteiger partial charge in [-0.2, -0.15) is 5.10 Å². The van der Waals surface area contributed by atoms with Crippen molar-refractivity contribution < 1.29 is 13.5 Å². The van der Waals surface area contributed by atoms with Crippen LogP contribution in [0.3, 0.4) is 0 Å². The Labute approximate surface area is 98.8 Å². The van der Waals surface area contributed by atoms with Crippen molar-refractivity contribution in [1.29, 1.82) is 0 Å². The predicted octanol–water partition coefficient (Wildman–Crippen LogP) is 1.32. The second-order valence-electron chi connectivity index (χ2n) is 2.96. The fourth-order valence-corrected chi connectivity index (χ4v) is 1.39. The van der Waals surface area contributed by atoms with E-state index in [0.29, 0.717) is 10.6 Å². The molecule has 1 aromatic carbocycles. The predicted molar refractivity (Wildman–Crippen MR) is 63.3 cm³/mol. The normalized spacial score (nSPS) is 11.9. The van der Waals surface area contributed by atoms with Crippen molar-refractivity contribution in [2.75, 3.05) is 5.75 Å². The molecule has 0 unspecified atom stereocenters. The molecule has 88 valence electrons. The summed E-state index contributed by atoms with van der Waals surface area (Å²) in [4.78, 5) is 1.99. The van der Waals surface area contributed by atoms with Gasteiger partial charge in [0.25, 0.3) is 0 Å². The summed E-state index contributed by atoms with van der Waals surface area (Å²) in [5.41, 5.74) is 0.339. The third kappa shape index (κ3) is 3.71. The van der Waals surface area contributed by atoms with E-state index in [-0.39, 0.29) is 11.5 Å². The molecule has 5 nitrogen and oxygen atoms in total. The summed E-state index contributed by atoms with van der Waals surface area (Å²) in [6, 6.07) is 4.39. The van der Waals surface area contributed by atoms with Gasteiger partial charge in [0.1, 0.15) is 5.75 Å². The molecule has 1 aromatic rings. The van der Waals surface area contributed by atoms with Crippen molar-refractivity contribution in [1.82, 2.24) is 4.83 Å². The van der Waals surface area contributed by atoms with Crippen molar-refractivity contribution in [2.45, 2.75) is 6.92 Å². The molecule has 7 heteroatoms. The Morgan fingerprint density at radius 2 is 2.25 bits per heavy atom. The van der Waals surface area contributed by atoms with Gasteiger partial charge < -0.3 is 5.11 Å². The average molecular weight is 263 g/mol. The fraction of sp³-hybridized carbons (Fsp3) is 0.222. The minimum absolute atomic E-state index is 0.0242. The highest BCUT2D eigenvalue weighted by molar-refractivity contribution is 7.89. The third-order valence-corrected chi connectivity index (χ3v) is 3.14. The van der Waals surface area contributed by atoms with Gasteiger partial charge in [0, 0.05) is 10.6 Å². The van der Waals surface area contributed by atoms with E-state index < -0.39 is 10.0 Å². The molecule has 0 aliphatic heterocycles. The number of rotatable bonds is 4. The summed E-state index contributed by atoms with van der Waals surface area (Å²) in [7, 11) is -3.38. The maximum Gasteiger partial charge on any atom is 0.247 e. The number of nitrogens with zero attached hydrogens (tertiary/aromatic N) is 1. The molecule has 0 heterocycles. The summed E-state index contributed by atoms with van der Waals surface area (Å²) in [6.45, 7) is 1.49. The zero-order chi connectivity index (χ0) is 12.2. The first-order chi connectivity index (χ1) is 7.44. The Morgan fingerprint density at radius 1 is 1.56 bits per heavy atom. The highest BCUT2D eigenvalue weighted by Gasteiger charge is 2.03. The lowest BCUT2D eigenvalue weighted by Crippen LogP contribution is -2.19. The zero-order valence-corrected chi connectivity index (χ0v) is 10.1. The quantitative estimate of drug-likeness (QED) is 0.634. The first-order valence-corrected chi connectivity index (χ1v) is 6.48. The van der Waals surface area contributed by atoms with Crippen LogP contribution in [0.15, 0.2) is 23.3 Å². The fourth-order valence-electron chi connectivity index (χ4n) is 0.870. The molecule has 16 heavy (non-hydrogen) atoms. The van der Waals surface area contributed by atoms with Crippen LogP contribution in [0.1, 0.15) is 12.5 Å². The van der Waals surface area contributed by atoms with E-state index in [1.54, 1.807) is 0 Å². The van der Waals surface area contributed by atoms with Crippen LogP contribution in [0.2, 0.25) is 5.02 Å². The second-order valence-corrected chi connectivity index (χ2v) is 5.38. The number of hydrogen-bond acceptors (Lipinski definition) is 4. The number of benzene rings is 1.